The van der Waals surface area contributed by atoms with Crippen LogP contribution >= 0.6 is 23.2 Å². The van der Waals surface area contributed by atoms with E-state index in [2.05, 4.69) is 12.2 Å². The molecular weight excluding hydrogens is 681 g/mol. The van der Waals surface area contributed by atoms with Gasteiger partial charge in [-0.15, -0.1) is 0 Å². The van der Waals surface area contributed by atoms with E-state index in [1.165, 1.54) is 82.1 Å². The van der Waals surface area contributed by atoms with Crippen LogP contribution in [0.3, 0.4) is 0 Å². The number of carbonyl (C=O) groups excluding carboxylic acids is 2. The van der Waals surface area contributed by atoms with E-state index in [1.807, 2.05) is 61.5 Å². The van der Waals surface area contributed by atoms with E-state index in [1.54, 1.807) is 12.1 Å². The Hall–Kier alpha value is -3.23. The second-order valence-corrected chi connectivity index (χ2v) is 14.2. The molecule has 0 radical (unpaired) electrons. The molecule has 1 atom stereocenters. The second kappa shape index (κ2) is 22.7. The predicted octanol–water partition coefficient (Wildman–Crippen LogP) is 11.3. The average molecular weight is 737 g/mol. The summed E-state index contributed by atoms with van der Waals surface area (Å²) in [6.45, 7) is 5.45. The summed E-state index contributed by atoms with van der Waals surface area (Å²) in [5, 5.41) is 10.1. The van der Waals surface area contributed by atoms with Gasteiger partial charge in [-0.2, -0.15) is 10.1 Å². The maximum atomic E-state index is 13.9. The van der Waals surface area contributed by atoms with Crippen molar-refractivity contribution in [3.8, 4) is 0 Å². The molecule has 51 heavy (non-hydrogen) atoms. The van der Waals surface area contributed by atoms with Crippen molar-refractivity contribution in [2.75, 3.05) is 18.2 Å². The number of nitrogens with zero attached hydrogens (tertiary/aromatic N) is 2. The molecule has 1 heterocycles. The van der Waals surface area contributed by atoms with E-state index in [0.717, 1.165) is 24.0 Å². The molecule has 1 aliphatic rings. The fourth-order valence-corrected chi connectivity index (χ4v) is 6.97. The lowest BCUT2D eigenvalue weighted by molar-refractivity contribution is -0.300. The van der Waals surface area contributed by atoms with Crippen LogP contribution in [0.4, 0.5) is 5.69 Å². The number of benzene rings is 3. The fraction of sp³-hybridized carbons (Fsp3) is 0.500. The van der Waals surface area contributed by atoms with Crippen LogP contribution in [0.5, 0.6) is 0 Å². The van der Waals surface area contributed by atoms with Gasteiger partial charge in [-0.05, 0) is 61.2 Å². The predicted molar refractivity (Wildman–Crippen MR) is 210 cm³/mol. The lowest BCUT2D eigenvalue weighted by atomic mass is 9.90. The van der Waals surface area contributed by atoms with Gasteiger partial charge in [0.1, 0.15) is 6.61 Å². The normalized spacial score (nSPS) is 14.3. The molecule has 0 fully saturated rings. The number of amides is 2. The van der Waals surface area contributed by atoms with E-state index in [4.69, 9.17) is 38.1 Å². The molecule has 3 aromatic rings. The minimum absolute atomic E-state index is 0.165. The monoisotopic (exact) mass is 735 g/mol. The summed E-state index contributed by atoms with van der Waals surface area (Å²) in [7, 11) is 0. The van der Waals surface area contributed by atoms with Gasteiger partial charge in [-0.3, -0.25) is 9.59 Å². The van der Waals surface area contributed by atoms with Gasteiger partial charge in [0.15, 0.2) is 0 Å². The number of hydrazone groups is 1. The molecule has 1 aliphatic heterocycles. The van der Waals surface area contributed by atoms with Gasteiger partial charge in [0.2, 0.25) is 0 Å². The summed E-state index contributed by atoms with van der Waals surface area (Å²) in [4.78, 5) is 37.1. The number of para-hydroxylation sites is 1. The maximum absolute atomic E-state index is 13.9. The van der Waals surface area contributed by atoms with Gasteiger partial charge in [-0.25, -0.2) is 9.78 Å². The minimum atomic E-state index is -0.607. The van der Waals surface area contributed by atoms with E-state index in [0.29, 0.717) is 52.1 Å². The SMILES string of the molecule is CCCCCCCCCCCCCCCCNC(=O)c1ccc(C2=NN(c3ccccc3)C(=O)C2Cc2ccc(COOCC)cc2Cl)cc1Cl. The molecule has 276 valence electrons. The van der Waals surface area contributed by atoms with Crippen molar-refractivity contribution in [1.29, 1.82) is 0 Å². The number of nitrogens with one attached hydrogen (secondary N) is 1. The first-order valence-corrected chi connectivity index (χ1v) is 19.8. The van der Waals surface area contributed by atoms with E-state index in [-0.39, 0.29) is 18.4 Å². The lowest BCUT2D eigenvalue weighted by Crippen LogP contribution is -2.29. The van der Waals surface area contributed by atoms with Crippen molar-refractivity contribution in [2.24, 2.45) is 11.0 Å². The maximum Gasteiger partial charge on any atom is 0.256 e. The van der Waals surface area contributed by atoms with Crippen LogP contribution in [-0.4, -0.2) is 30.7 Å². The molecule has 1 unspecified atom stereocenters. The van der Waals surface area contributed by atoms with Crippen LogP contribution in [0.2, 0.25) is 10.0 Å². The highest BCUT2D eigenvalue weighted by molar-refractivity contribution is 6.34. The fourth-order valence-electron chi connectivity index (χ4n) is 6.42. The van der Waals surface area contributed by atoms with Crippen LogP contribution in [0, 0.1) is 5.92 Å². The van der Waals surface area contributed by atoms with Crippen molar-refractivity contribution in [1.82, 2.24) is 5.32 Å². The number of rotatable bonds is 24. The zero-order valence-corrected chi connectivity index (χ0v) is 32.0. The highest BCUT2D eigenvalue weighted by atomic mass is 35.5. The van der Waals surface area contributed by atoms with Gasteiger partial charge in [0, 0.05) is 17.1 Å². The molecule has 0 spiro atoms. The summed E-state index contributed by atoms with van der Waals surface area (Å²) < 4.78 is 0. The number of carbonyl (C=O) groups is 2. The largest absolute Gasteiger partial charge is 0.352 e. The highest BCUT2D eigenvalue weighted by Crippen LogP contribution is 2.32. The third-order valence-corrected chi connectivity index (χ3v) is 10.0. The number of unbranched alkanes of at least 4 members (excludes halogenated alkanes) is 13. The van der Waals surface area contributed by atoms with Crippen molar-refractivity contribution in [2.45, 2.75) is 117 Å². The Morgan fingerprint density at radius 1 is 0.765 bits per heavy atom. The quantitative estimate of drug-likeness (QED) is 0.0564. The van der Waals surface area contributed by atoms with Gasteiger partial charge < -0.3 is 5.32 Å². The molecule has 9 heteroatoms. The van der Waals surface area contributed by atoms with E-state index < -0.39 is 5.92 Å². The second-order valence-electron chi connectivity index (χ2n) is 13.4. The Kier molecular flexibility index (Phi) is 18.0. The first-order valence-electron chi connectivity index (χ1n) is 19.0. The molecule has 2 amide bonds. The van der Waals surface area contributed by atoms with Crippen molar-refractivity contribution < 1.29 is 19.4 Å². The van der Waals surface area contributed by atoms with Crippen LogP contribution in [0.25, 0.3) is 0 Å². The van der Waals surface area contributed by atoms with Crippen LogP contribution in [0.15, 0.2) is 71.8 Å². The summed E-state index contributed by atoms with van der Waals surface area (Å²) in [5.41, 5.74) is 3.99. The number of halogens is 2. The van der Waals surface area contributed by atoms with E-state index >= 15 is 0 Å². The molecule has 3 aromatic carbocycles. The Morgan fingerprint density at radius 3 is 2.02 bits per heavy atom. The van der Waals surface area contributed by atoms with Crippen molar-refractivity contribution in [3.05, 3.63) is 99.0 Å². The minimum Gasteiger partial charge on any atom is -0.352 e. The first-order chi connectivity index (χ1) is 24.9. The zero-order valence-electron chi connectivity index (χ0n) is 30.4. The van der Waals surface area contributed by atoms with Crippen LogP contribution in [0.1, 0.15) is 131 Å². The molecule has 0 aliphatic carbocycles. The van der Waals surface area contributed by atoms with E-state index in [9.17, 15) is 9.59 Å². The Morgan fingerprint density at radius 2 is 1.41 bits per heavy atom. The summed E-state index contributed by atoms with van der Waals surface area (Å²) in [5.74, 6) is -0.972. The number of anilines is 1. The Balaban J connectivity index is 1.29. The van der Waals surface area contributed by atoms with Crippen molar-refractivity contribution >= 4 is 46.4 Å². The third-order valence-electron chi connectivity index (χ3n) is 9.34. The van der Waals surface area contributed by atoms with Crippen molar-refractivity contribution in [3.63, 3.8) is 0 Å². The standard InChI is InChI=1S/C42H55Cl2N3O4/c1-3-5-6-7-8-9-10-11-12-13-14-15-16-20-27-45-41(48)36-26-25-34(30-39(36)44)40-37(42(49)47(46-40)35-21-18-17-19-22-35)29-33-24-23-32(28-38(33)43)31-51-50-4-2/h17-19,21-26,28,30,37H,3-16,20,27,29,31H2,1-2H3,(H,45,48). The topological polar surface area (TPSA) is 80.2 Å². The molecule has 0 bridgehead atoms. The molecule has 7 nitrogen and oxygen atoms in total. The van der Waals surface area contributed by atoms with Crippen LogP contribution in [-0.2, 0) is 27.6 Å². The molecular formula is C42H55Cl2N3O4. The molecule has 4 rings (SSSR count). The summed E-state index contributed by atoms with van der Waals surface area (Å²) >= 11 is 13.4. The van der Waals surface area contributed by atoms with Gasteiger partial charge in [-0.1, -0.05) is 150 Å². The lowest BCUT2D eigenvalue weighted by Gasteiger charge is -2.16. The molecule has 1 N–H and O–H groups in total. The molecule has 0 aromatic heterocycles. The molecule has 0 saturated carbocycles. The summed E-state index contributed by atoms with van der Waals surface area (Å²) in [6.07, 6.45) is 18.5. The zero-order chi connectivity index (χ0) is 36.3. The Bertz CT molecular complexity index is 1550. The Labute approximate surface area is 315 Å². The number of hydrogen-bond donors (Lipinski definition) is 1. The van der Waals surface area contributed by atoms with Gasteiger partial charge in [0.25, 0.3) is 11.8 Å². The first kappa shape index (κ1) is 40.5. The third kappa shape index (κ3) is 13.0. The summed E-state index contributed by atoms with van der Waals surface area (Å²) in [6, 6.07) is 20.2. The highest BCUT2D eigenvalue weighted by Gasteiger charge is 2.38. The number of hydrogen-bond acceptors (Lipinski definition) is 5. The average Bonchev–Trinajstić information content (AvgIpc) is 3.46. The smallest absolute Gasteiger partial charge is 0.256 e. The van der Waals surface area contributed by atoms with Gasteiger partial charge >= 0.3 is 0 Å². The van der Waals surface area contributed by atoms with Gasteiger partial charge in [0.05, 0.1) is 34.5 Å². The van der Waals surface area contributed by atoms with Crippen LogP contribution < -0.4 is 10.3 Å². The molecule has 0 saturated heterocycles.